The van der Waals surface area contributed by atoms with Crippen molar-refractivity contribution in [3.63, 3.8) is 0 Å². The lowest BCUT2D eigenvalue weighted by atomic mass is 10.0. The van der Waals surface area contributed by atoms with Crippen LogP contribution in [0.1, 0.15) is 0 Å². The standard InChI is InChI=1S/C43H23N3O/c1-2-11-25-24(10-1)26-14-9-15-28-34(22-20-27(25)38(26)28)45-33-17-6-3-12-29(33)41-42(45)31-21-23-37-39(30-13-4-8-19-36(30)47-37)40(31)43-44-32-16-5-7-18-35(32)46(41)43/h1-23H. The van der Waals surface area contributed by atoms with Gasteiger partial charge in [0.2, 0.25) is 0 Å². The Morgan fingerprint density at radius 1 is 0.426 bits per heavy atom. The number of fused-ring (bicyclic) bond motifs is 17. The Bertz CT molecular complexity index is 3160. The van der Waals surface area contributed by atoms with Gasteiger partial charge in [-0.05, 0) is 70.1 Å². The fraction of sp³-hybridized carbons (Fsp3) is 0. The van der Waals surface area contributed by atoms with E-state index in [1.165, 1.54) is 55.1 Å². The molecule has 0 amide bonds. The molecular formula is C43H23N3O. The summed E-state index contributed by atoms with van der Waals surface area (Å²) in [5.74, 6) is 0. The zero-order valence-corrected chi connectivity index (χ0v) is 25.0. The number of nitrogens with zero attached hydrogens (tertiary/aromatic N) is 3. The second-order valence-corrected chi connectivity index (χ2v) is 12.7. The number of hydrogen-bond acceptors (Lipinski definition) is 2. The molecule has 4 aromatic heterocycles. The zero-order chi connectivity index (χ0) is 30.4. The molecule has 7 aromatic carbocycles. The van der Waals surface area contributed by atoms with Crippen LogP contribution in [0, 0.1) is 0 Å². The van der Waals surface area contributed by atoms with E-state index in [0.717, 1.165) is 54.9 Å². The molecule has 0 spiro atoms. The van der Waals surface area contributed by atoms with Crippen LogP contribution in [0.25, 0.3) is 110 Å². The SMILES string of the molecule is c1ccc2c(c1)-c1cccc3c(-n4c5ccccc5c5c4c4ccc6oc7ccccc7c6c4c4nc6ccccc6n45)ccc-2c13. The summed E-state index contributed by atoms with van der Waals surface area (Å²) in [5, 5.41) is 8.24. The Hall–Kier alpha value is -6.39. The topological polar surface area (TPSA) is 35.4 Å². The van der Waals surface area contributed by atoms with E-state index in [-0.39, 0.29) is 0 Å². The molecule has 0 atom stereocenters. The minimum absolute atomic E-state index is 0.873. The number of pyridine rings is 1. The second kappa shape index (κ2) is 8.25. The number of hydrogen-bond donors (Lipinski definition) is 0. The number of para-hydroxylation sites is 4. The predicted octanol–water partition coefficient (Wildman–Crippen LogP) is 11.4. The van der Waals surface area contributed by atoms with Crippen LogP contribution in [0.4, 0.5) is 0 Å². The lowest BCUT2D eigenvalue weighted by Crippen LogP contribution is -1.98. The van der Waals surface area contributed by atoms with Gasteiger partial charge in [-0.1, -0.05) is 97.1 Å². The van der Waals surface area contributed by atoms with Gasteiger partial charge in [0.15, 0.2) is 0 Å². The van der Waals surface area contributed by atoms with E-state index in [0.29, 0.717) is 0 Å². The fourth-order valence-corrected chi connectivity index (χ4v) is 8.60. The first-order valence-electron chi connectivity index (χ1n) is 16.1. The third kappa shape index (κ3) is 2.79. The van der Waals surface area contributed by atoms with Gasteiger partial charge in [0.05, 0.1) is 33.3 Å². The van der Waals surface area contributed by atoms with Crippen molar-refractivity contribution >= 4 is 82.1 Å². The first-order chi connectivity index (χ1) is 23.3. The van der Waals surface area contributed by atoms with Gasteiger partial charge in [-0.3, -0.25) is 4.40 Å². The normalized spacial score (nSPS) is 12.7. The van der Waals surface area contributed by atoms with Crippen LogP contribution >= 0.6 is 0 Å². The molecule has 0 N–H and O–H groups in total. The monoisotopic (exact) mass is 597 g/mol. The maximum atomic E-state index is 6.45. The number of imidazole rings is 1. The summed E-state index contributed by atoms with van der Waals surface area (Å²) >= 11 is 0. The Balaban J connectivity index is 1.37. The smallest absolute Gasteiger partial charge is 0.147 e. The van der Waals surface area contributed by atoms with Gasteiger partial charge in [0.25, 0.3) is 0 Å². The Labute approximate surface area is 267 Å². The summed E-state index contributed by atoms with van der Waals surface area (Å²) in [6, 6.07) is 50.3. The van der Waals surface area contributed by atoms with Gasteiger partial charge >= 0.3 is 0 Å². The number of rotatable bonds is 1. The summed E-state index contributed by atoms with van der Waals surface area (Å²) in [4.78, 5) is 5.34. The highest BCUT2D eigenvalue weighted by Gasteiger charge is 2.27. The van der Waals surface area contributed by atoms with E-state index in [9.17, 15) is 0 Å². The summed E-state index contributed by atoms with van der Waals surface area (Å²) in [5.41, 5.74) is 14.7. The maximum absolute atomic E-state index is 6.45. The predicted molar refractivity (Wildman–Crippen MR) is 194 cm³/mol. The summed E-state index contributed by atoms with van der Waals surface area (Å²) in [6.07, 6.45) is 0. The van der Waals surface area contributed by atoms with Crippen molar-refractivity contribution in [3.05, 3.63) is 140 Å². The zero-order valence-electron chi connectivity index (χ0n) is 25.0. The molecular weight excluding hydrogens is 574 g/mol. The van der Waals surface area contributed by atoms with E-state index in [2.05, 4.69) is 142 Å². The average Bonchev–Trinajstić information content (AvgIpc) is 3.87. The first kappa shape index (κ1) is 23.9. The number of benzene rings is 7. The summed E-state index contributed by atoms with van der Waals surface area (Å²) in [6.45, 7) is 0. The minimum atomic E-state index is 0.873. The third-order valence-electron chi connectivity index (χ3n) is 10.4. The Morgan fingerprint density at radius 2 is 1.13 bits per heavy atom. The maximum Gasteiger partial charge on any atom is 0.147 e. The first-order valence-corrected chi connectivity index (χ1v) is 16.1. The molecule has 4 heteroatoms. The van der Waals surface area contributed by atoms with Gasteiger partial charge < -0.3 is 8.98 Å². The molecule has 12 rings (SSSR count). The molecule has 4 heterocycles. The van der Waals surface area contributed by atoms with Gasteiger partial charge in [-0.15, -0.1) is 0 Å². The van der Waals surface area contributed by atoms with Crippen LogP contribution in [0.2, 0.25) is 0 Å². The van der Waals surface area contributed by atoms with E-state index in [1.54, 1.807) is 0 Å². The number of aromatic nitrogens is 3. The van der Waals surface area contributed by atoms with Crippen molar-refractivity contribution in [2.75, 3.05) is 0 Å². The van der Waals surface area contributed by atoms with Crippen molar-refractivity contribution < 1.29 is 4.42 Å². The van der Waals surface area contributed by atoms with E-state index in [1.807, 2.05) is 6.07 Å². The average molecular weight is 598 g/mol. The Kier molecular flexibility index (Phi) is 4.20. The molecule has 216 valence electrons. The van der Waals surface area contributed by atoms with Crippen molar-refractivity contribution in [2.24, 2.45) is 0 Å². The molecule has 0 saturated heterocycles. The molecule has 1 aliphatic carbocycles. The van der Waals surface area contributed by atoms with Gasteiger partial charge in [-0.2, -0.15) is 0 Å². The third-order valence-corrected chi connectivity index (χ3v) is 10.4. The molecule has 47 heavy (non-hydrogen) atoms. The molecule has 0 bridgehead atoms. The van der Waals surface area contributed by atoms with Crippen molar-refractivity contribution in [1.29, 1.82) is 0 Å². The molecule has 0 aliphatic heterocycles. The number of furan rings is 1. The minimum Gasteiger partial charge on any atom is -0.456 e. The molecule has 0 fully saturated rings. The van der Waals surface area contributed by atoms with Crippen LogP contribution in [-0.4, -0.2) is 14.0 Å². The summed E-state index contributed by atoms with van der Waals surface area (Å²) in [7, 11) is 0. The molecule has 11 aromatic rings. The van der Waals surface area contributed by atoms with Crippen LogP contribution in [-0.2, 0) is 0 Å². The van der Waals surface area contributed by atoms with Gasteiger partial charge in [-0.25, -0.2) is 4.98 Å². The lowest BCUT2D eigenvalue weighted by Gasteiger charge is -2.15. The fourth-order valence-electron chi connectivity index (χ4n) is 8.60. The lowest BCUT2D eigenvalue weighted by molar-refractivity contribution is 0.669. The van der Waals surface area contributed by atoms with Crippen molar-refractivity contribution in [3.8, 4) is 27.9 Å². The largest absolute Gasteiger partial charge is 0.456 e. The van der Waals surface area contributed by atoms with Crippen LogP contribution in [0.3, 0.4) is 0 Å². The van der Waals surface area contributed by atoms with Crippen LogP contribution in [0.15, 0.2) is 144 Å². The highest BCUT2D eigenvalue weighted by Crippen LogP contribution is 2.50. The van der Waals surface area contributed by atoms with Crippen molar-refractivity contribution in [2.45, 2.75) is 0 Å². The molecule has 0 saturated carbocycles. The molecule has 1 aliphatic rings. The second-order valence-electron chi connectivity index (χ2n) is 12.7. The van der Waals surface area contributed by atoms with Gasteiger partial charge in [0, 0.05) is 32.3 Å². The van der Waals surface area contributed by atoms with Crippen LogP contribution < -0.4 is 0 Å². The van der Waals surface area contributed by atoms with Crippen LogP contribution in [0.5, 0.6) is 0 Å². The Morgan fingerprint density at radius 3 is 2.02 bits per heavy atom. The quantitative estimate of drug-likeness (QED) is 0.189. The summed E-state index contributed by atoms with van der Waals surface area (Å²) < 4.78 is 11.3. The van der Waals surface area contributed by atoms with E-state index >= 15 is 0 Å². The molecule has 4 nitrogen and oxygen atoms in total. The van der Waals surface area contributed by atoms with E-state index in [4.69, 9.17) is 9.40 Å². The highest BCUT2D eigenvalue weighted by molar-refractivity contribution is 6.31. The van der Waals surface area contributed by atoms with Gasteiger partial charge in [0.1, 0.15) is 16.8 Å². The van der Waals surface area contributed by atoms with Crippen molar-refractivity contribution in [1.82, 2.24) is 14.0 Å². The highest BCUT2D eigenvalue weighted by atomic mass is 16.3. The molecule has 0 radical (unpaired) electrons. The molecule has 0 unspecified atom stereocenters. The van der Waals surface area contributed by atoms with E-state index < -0.39 is 0 Å².